The van der Waals surface area contributed by atoms with Gasteiger partial charge in [-0.25, -0.2) is 0 Å². The Hall–Kier alpha value is 1.48. The number of allylic oxidation sites excluding steroid dienone is 2. The fourth-order valence-corrected chi connectivity index (χ4v) is 3.19. The maximum absolute atomic E-state index is 5.84. The largest absolute Gasteiger partial charge is 0.156 e. The Bertz CT molecular complexity index is 218. The molecule has 0 heterocycles. The van der Waals surface area contributed by atoms with Crippen LogP contribution in [0.2, 0.25) is 0 Å². The topological polar surface area (TPSA) is 0 Å². The third-order valence-electron chi connectivity index (χ3n) is 1.46. The SMILES string of the molecule is ClC1=CC(Cl)(Cl)C(Cl)C(Cl)(Cl)C1. The van der Waals surface area contributed by atoms with Crippen molar-refractivity contribution in [1.82, 2.24) is 0 Å². The Morgan fingerprint density at radius 3 is 2.17 bits per heavy atom. The molecule has 12 heavy (non-hydrogen) atoms. The minimum atomic E-state index is -1.31. The molecule has 70 valence electrons. The van der Waals surface area contributed by atoms with Gasteiger partial charge in [0.25, 0.3) is 0 Å². The Kier molecular flexibility index (Phi) is 3.43. The first-order valence-corrected chi connectivity index (χ1v) is 5.35. The zero-order chi connectivity index (χ0) is 9.57. The first-order chi connectivity index (χ1) is 5.26. The van der Waals surface area contributed by atoms with Crippen molar-refractivity contribution >= 4 is 69.6 Å². The van der Waals surface area contributed by atoms with Crippen LogP contribution in [0.1, 0.15) is 6.42 Å². The Labute approximate surface area is 101 Å². The van der Waals surface area contributed by atoms with Gasteiger partial charge < -0.3 is 0 Å². The minimum absolute atomic E-state index is 0.257. The van der Waals surface area contributed by atoms with Crippen LogP contribution < -0.4 is 0 Å². The second kappa shape index (κ2) is 3.56. The summed E-state index contributed by atoms with van der Waals surface area (Å²) in [5, 5.41) is -0.360. The van der Waals surface area contributed by atoms with Crippen molar-refractivity contribution in [2.24, 2.45) is 0 Å². The molecule has 0 saturated heterocycles. The van der Waals surface area contributed by atoms with Gasteiger partial charge in [-0.3, -0.25) is 0 Å². The summed E-state index contributed by atoms with van der Waals surface area (Å²) in [6.07, 6.45) is 1.70. The highest BCUT2D eigenvalue weighted by molar-refractivity contribution is 6.60. The first kappa shape index (κ1) is 11.6. The van der Waals surface area contributed by atoms with E-state index in [9.17, 15) is 0 Å². The molecule has 1 unspecified atom stereocenters. The van der Waals surface area contributed by atoms with Crippen LogP contribution in [0, 0.1) is 0 Å². The molecule has 1 aliphatic carbocycles. The Morgan fingerprint density at radius 2 is 1.75 bits per heavy atom. The molecule has 0 aromatic rings. The second-order valence-electron chi connectivity index (χ2n) is 2.57. The van der Waals surface area contributed by atoms with E-state index < -0.39 is 14.0 Å². The summed E-state index contributed by atoms with van der Waals surface area (Å²) in [5.41, 5.74) is 0. The number of alkyl halides is 5. The molecule has 0 fully saturated rings. The molecular formula is C6H4Cl6. The van der Waals surface area contributed by atoms with E-state index in [1.807, 2.05) is 0 Å². The van der Waals surface area contributed by atoms with Crippen molar-refractivity contribution in [2.45, 2.75) is 20.5 Å². The first-order valence-electron chi connectivity index (χ1n) is 3.02. The zero-order valence-corrected chi connectivity index (χ0v) is 10.2. The summed E-state index contributed by atoms with van der Waals surface area (Å²) in [7, 11) is 0. The van der Waals surface area contributed by atoms with Crippen molar-refractivity contribution in [3.63, 3.8) is 0 Å². The standard InChI is InChI=1S/C6H4Cl6/c7-3-1-5(9,10)4(8)6(11,12)2-3/h1,4H,2H2. The van der Waals surface area contributed by atoms with Crippen molar-refractivity contribution in [1.29, 1.82) is 0 Å². The lowest BCUT2D eigenvalue weighted by atomic mass is 10.1. The maximum Gasteiger partial charge on any atom is 0.156 e. The van der Waals surface area contributed by atoms with Gasteiger partial charge in [0.05, 0.1) is 0 Å². The summed E-state index contributed by atoms with van der Waals surface area (Å²) in [4.78, 5) is 0. The van der Waals surface area contributed by atoms with Gasteiger partial charge in [0.1, 0.15) is 9.71 Å². The fourth-order valence-electron chi connectivity index (χ4n) is 0.929. The second-order valence-corrected chi connectivity index (χ2v) is 6.47. The number of hydrogen-bond donors (Lipinski definition) is 0. The molecule has 6 heteroatoms. The molecule has 1 atom stereocenters. The van der Waals surface area contributed by atoms with Crippen LogP contribution >= 0.6 is 69.6 Å². The van der Waals surface area contributed by atoms with Gasteiger partial charge in [-0.05, 0) is 6.08 Å². The third-order valence-corrected chi connectivity index (χ3v) is 4.23. The lowest BCUT2D eigenvalue weighted by molar-refractivity contribution is 0.659. The summed E-state index contributed by atoms with van der Waals surface area (Å²) >= 11 is 34.8. The van der Waals surface area contributed by atoms with Crippen LogP contribution in [0.25, 0.3) is 0 Å². The van der Waals surface area contributed by atoms with Crippen molar-refractivity contribution < 1.29 is 0 Å². The zero-order valence-electron chi connectivity index (χ0n) is 5.63. The number of halogens is 6. The van der Waals surface area contributed by atoms with Gasteiger partial charge in [0, 0.05) is 11.5 Å². The van der Waals surface area contributed by atoms with Crippen LogP contribution in [0.3, 0.4) is 0 Å². The highest BCUT2D eigenvalue weighted by atomic mass is 35.5. The molecule has 1 aliphatic rings. The molecule has 1 rings (SSSR count). The predicted octanol–water partition coefficient (Wildman–Crippen LogP) is 4.47. The quantitative estimate of drug-likeness (QED) is 0.577. The van der Waals surface area contributed by atoms with Gasteiger partial charge in [0.15, 0.2) is 4.33 Å². The molecule has 0 spiro atoms. The van der Waals surface area contributed by atoms with E-state index in [0.29, 0.717) is 5.03 Å². The monoisotopic (exact) mass is 286 g/mol. The number of rotatable bonds is 0. The molecule has 0 N–H and O–H groups in total. The lowest BCUT2D eigenvalue weighted by Crippen LogP contribution is -2.42. The van der Waals surface area contributed by atoms with Crippen LogP contribution in [0.5, 0.6) is 0 Å². The summed E-state index contributed by atoms with van der Waals surface area (Å²) in [5.74, 6) is 0. The maximum atomic E-state index is 5.84. The molecule has 0 aliphatic heterocycles. The van der Waals surface area contributed by atoms with E-state index in [-0.39, 0.29) is 6.42 Å². The lowest BCUT2D eigenvalue weighted by Gasteiger charge is -2.36. The average Bonchev–Trinajstić information content (AvgIpc) is 1.80. The summed E-state index contributed by atoms with van der Waals surface area (Å²) in [6.45, 7) is 0. The molecule has 0 nitrogen and oxygen atoms in total. The van der Waals surface area contributed by atoms with E-state index in [1.165, 1.54) is 6.08 Å². The Balaban J connectivity index is 3.02. The van der Waals surface area contributed by atoms with E-state index in [2.05, 4.69) is 0 Å². The molecule has 0 aromatic heterocycles. The van der Waals surface area contributed by atoms with E-state index in [0.717, 1.165) is 0 Å². The van der Waals surface area contributed by atoms with Crippen molar-refractivity contribution in [3.8, 4) is 0 Å². The molecule has 0 radical (unpaired) electrons. The molecule has 0 aromatic carbocycles. The van der Waals surface area contributed by atoms with Crippen molar-refractivity contribution in [3.05, 3.63) is 11.1 Å². The van der Waals surface area contributed by atoms with Gasteiger partial charge in [0.2, 0.25) is 0 Å². The van der Waals surface area contributed by atoms with E-state index in [1.54, 1.807) is 0 Å². The third kappa shape index (κ3) is 2.29. The van der Waals surface area contributed by atoms with Crippen LogP contribution in [-0.2, 0) is 0 Å². The van der Waals surface area contributed by atoms with E-state index in [4.69, 9.17) is 69.6 Å². The average molecular weight is 289 g/mol. The van der Waals surface area contributed by atoms with Crippen LogP contribution in [-0.4, -0.2) is 14.0 Å². The van der Waals surface area contributed by atoms with E-state index >= 15 is 0 Å². The molecule has 0 bridgehead atoms. The van der Waals surface area contributed by atoms with Gasteiger partial charge in [-0.15, -0.1) is 11.6 Å². The van der Waals surface area contributed by atoms with Crippen LogP contribution in [0.4, 0.5) is 0 Å². The normalized spacial score (nSPS) is 32.8. The molecule has 0 amide bonds. The van der Waals surface area contributed by atoms with Gasteiger partial charge >= 0.3 is 0 Å². The fraction of sp³-hybridized carbons (Fsp3) is 0.667. The highest BCUT2D eigenvalue weighted by Gasteiger charge is 2.49. The molecule has 0 saturated carbocycles. The number of hydrogen-bond acceptors (Lipinski definition) is 0. The minimum Gasteiger partial charge on any atom is -0.116 e. The predicted molar refractivity (Wildman–Crippen MR) is 57.1 cm³/mol. The summed E-state index contributed by atoms with van der Waals surface area (Å²) in [6, 6.07) is 0. The summed E-state index contributed by atoms with van der Waals surface area (Å²) < 4.78 is -2.52. The molecular weight excluding hydrogens is 285 g/mol. The van der Waals surface area contributed by atoms with Crippen molar-refractivity contribution in [2.75, 3.05) is 0 Å². The highest BCUT2D eigenvalue weighted by Crippen LogP contribution is 2.50. The van der Waals surface area contributed by atoms with Gasteiger partial charge in [-0.2, -0.15) is 0 Å². The Morgan fingerprint density at radius 1 is 1.25 bits per heavy atom. The van der Waals surface area contributed by atoms with Crippen LogP contribution in [0.15, 0.2) is 11.1 Å². The van der Waals surface area contributed by atoms with Gasteiger partial charge in [-0.1, -0.05) is 58.0 Å². The smallest absolute Gasteiger partial charge is 0.116 e.